The zero-order valence-electron chi connectivity index (χ0n) is 8.78. The summed E-state index contributed by atoms with van der Waals surface area (Å²) in [5.41, 5.74) is 0.109. The molecule has 5 heteroatoms. The monoisotopic (exact) mass is 220 g/mol. The fourth-order valence-electron chi connectivity index (χ4n) is 1.95. The van der Waals surface area contributed by atoms with Crippen molar-refractivity contribution < 1.29 is 14.7 Å². The number of aliphatic carboxylic acids is 1. The van der Waals surface area contributed by atoms with Crippen LogP contribution in [-0.4, -0.2) is 23.7 Å². The minimum atomic E-state index is -1.34. The number of amides is 2. The summed E-state index contributed by atoms with van der Waals surface area (Å²) in [5, 5.41) is 14.3. The second-order valence-electron chi connectivity index (χ2n) is 3.83. The summed E-state index contributed by atoms with van der Waals surface area (Å²) >= 11 is 0. The smallest absolute Gasteiger partial charge is 0.336 e. The molecule has 0 aromatic heterocycles. The average Bonchev–Trinajstić information content (AvgIpc) is 2.62. The molecule has 16 heavy (non-hydrogen) atoms. The zero-order chi connectivity index (χ0) is 11.8. The zero-order valence-corrected chi connectivity index (χ0v) is 8.78. The first kappa shape index (κ1) is 10.5. The number of carboxylic acid groups (broad SMARTS) is 1. The lowest BCUT2D eigenvalue weighted by molar-refractivity contribution is -0.143. The van der Waals surface area contributed by atoms with Gasteiger partial charge in [-0.1, -0.05) is 24.3 Å². The van der Waals surface area contributed by atoms with Crippen molar-refractivity contribution in [3.8, 4) is 0 Å². The van der Waals surface area contributed by atoms with Crippen molar-refractivity contribution in [2.45, 2.75) is 12.5 Å². The molecule has 1 atom stereocenters. The standard InChI is InChI=1S/C11H12N2O3/c1-7-4-2-3-5-8(7)11(9(14)15)6-12-10(16)13-11/h2-5H,6H2,1H3,(H,14,15)(H2,12,13,16). The van der Waals surface area contributed by atoms with Crippen LogP contribution < -0.4 is 10.6 Å². The lowest BCUT2D eigenvalue weighted by atomic mass is 9.88. The van der Waals surface area contributed by atoms with Gasteiger partial charge in [0.2, 0.25) is 0 Å². The quantitative estimate of drug-likeness (QED) is 0.682. The van der Waals surface area contributed by atoms with Gasteiger partial charge in [0.05, 0.1) is 6.54 Å². The SMILES string of the molecule is Cc1ccccc1C1(C(=O)O)CNC(=O)N1. The fourth-order valence-corrected chi connectivity index (χ4v) is 1.95. The van der Waals surface area contributed by atoms with Crippen LogP contribution in [0.3, 0.4) is 0 Å². The van der Waals surface area contributed by atoms with Crippen LogP contribution in [0.4, 0.5) is 4.79 Å². The molecule has 1 fully saturated rings. The first-order valence-electron chi connectivity index (χ1n) is 4.92. The molecule has 2 amide bonds. The number of nitrogens with one attached hydrogen (secondary N) is 2. The molecule has 1 unspecified atom stereocenters. The summed E-state index contributed by atoms with van der Waals surface area (Å²) in [6.07, 6.45) is 0. The minimum absolute atomic E-state index is 0.0615. The number of rotatable bonds is 2. The molecule has 1 heterocycles. The van der Waals surface area contributed by atoms with E-state index in [1.54, 1.807) is 12.1 Å². The molecule has 0 radical (unpaired) electrons. The van der Waals surface area contributed by atoms with Gasteiger partial charge in [0.25, 0.3) is 0 Å². The molecule has 1 saturated heterocycles. The normalized spacial score (nSPS) is 23.7. The molecule has 1 aromatic carbocycles. The highest BCUT2D eigenvalue weighted by atomic mass is 16.4. The topological polar surface area (TPSA) is 78.4 Å². The predicted molar refractivity (Wildman–Crippen MR) is 57.0 cm³/mol. The summed E-state index contributed by atoms with van der Waals surface area (Å²) in [6, 6.07) is 6.68. The van der Waals surface area contributed by atoms with Gasteiger partial charge in [0.15, 0.2) is 5.54 Å². The molecule has 5 nitrogen and oxygen atoms in total. The van der Waals surface area contributed by atoms with Crippen molar-refractivity contribution in [2.75, 3.05) is 6.54 Å². The van der Waals surface area contributed by atoms with Crippen molar-refractivity contribution in [2.24, 2.45) is 0 Å². The van der Waals surface area contributed by atoms with Crippen LogP contribution in [0.2, 0.25) is 0 Å². The molecule has 0 saturated carbocycles. The Hall–Kier alpha value is -2.04. The highest BCUT2D eigenvalue weighted by Gasteiger charge is 2.47. The maximum absolute atomic E-state index is 11.4. The summed E-state index contributed by atoms with van der Waals surface area (Å²) < 4.78 is 0. The van der Waals surface area contributed by atoms with E-state index in [0.29, 0.717) is 5.56 Å². The van der Waals surface area contributed by atoms with Crippen LogP contribution in [0.1, 0.15) is 11.1 Å². The van der Waals surface area contributed by atoms with Gasteiger partial charge in [0.1, 0.15) is 0 Å². The van der Waals surface area contributed by atoms with E-state index in [1.165, 1.54) is 0 Å². The molecular formula is C11H12N2O3. The van der Waals surface area contributed by atoms with E-state index in [-0.39, 0.29) is 6.54 Å². The Kier molecular flexibility index (Phi) is 2.30. The molecule has 2 rings (SSSR count). The maximum atomic E-state index is 11.4. The van der Waals surface area contributed by atoms with Gasteiger partial charge in [-0.2, -0.15) is 0 Å². The first-order chi connectivity index (χ1) is 7.56. The number of carbonyl (C=O) groups is 2. The third kappa shape index (κ3) is 1.41. The van der Waals surface area contributed by atoms with Gasteiger partial charge in [-0.15, -0.1) is 0 Å². The van der Waals surface area contributed by atoms with Crippen molar-refractivity contribution >= 4 is 12.0 Å². The van der Waals surface area contributed by atoms with Crippen molar-refractivity contribution in [1.82, 2.24) is 10.6 Å². The van der Waals surface area contributed by atoms with Crippen molar-refractivity contribution in [3.63, 3.8) is 0 Å². The number of benzene rings is 1. The third-order valence-corrected chi connectivity index (χ3v) is 2.81. The Balaban J connectivity index is 2.53. The molecule has 1 aromatic rings. The van der Waals surface area contributed by atoms with Crippen LogP contribution in [0.25, 0.3) is 0 Å². The van der Waals surface area contributed by atoms with E-state index >= 15 is 0 Å². The Morgan fingerprint density at radius 1 is 1.44 bits per heavy atom. The van der Waals surface area contributed by atoms with E-state index in [0.717, 1.165) is 5.56 Å². The van der Waals surface area contributed by atoms with Crippen molar-refractivity contribution in [1.29, 1.82) is 0 Å². The number of carbonyl (C=O) groups excluding carboxylic acids is 1. The molecule has 0 bridgehead atoms. The maximum Gasteiger partial charge on any atom is 0.336 e. The Bertz CT molecular complexity index is 458. The lowest BCUT2D eigenvalue weighted by Crippen LogP contribution is -2.48. The Labute approximate surface area is 92.5 Å². The van der Waals surface area contributed by atoms with Crippen LogP contribution in [-0.2, 0) is 10.3 Å². The second kappa shape index (κ2) is 3.52. The Morgan fingerprint density at radius 3 is 2.62 bits per heavy atom. The highest BCUT2D eigenvalue weighted by molar-refractivity contribution is 5.91. The third-order valence-electron chi connectivity index (χ3n) is 2.81. The number of urea groups is 1. The molecule has 84 valence electrons. The van der Waals surface area contributed by atoms with E-state index < -0.39 is 17.5 Å². The van der Waals surface area contributed by atoms with Gasteiger partial charge in [-0.3, -0.25) is 0 Å². The molecule has 1 aliphatic rings. The highest BCUT2D eigenvalue weighted by Crippen LogP contribution is 2.26. The molecule has 0 aliphatic carbocycles. The van der Waals surface area contributed by atoms with Crippen LogP contribution in [0, 0.1) is 6.92 Å². The molecule has 1 aliphatic heterocycles. The number of hydrogen-bond donors (Lipinski definition) is 3. The van der Waals surface area contributed by atoms with Gasteiger partial charge in [-0.05, 0) is 18.1 Å². The Morgan fingerprint density at radius 2 is 2.12 bits per heavy atom. The van der Waals surface area contributed by atoms with E-state index in [4.69, 9.17) is 0 Å². The van der Waals surface area contributed by atoms with E-state index in [2.05, 4.69) is 10.6 Å². The lowest BCUT2D eigenvalue weighted by Gasteiger charge is -2.24. The minimum Gasteiger partial charge on any atom is -0.479 e. The van der Waals surface area contributed by atoms with Gasteiger partial charge in [-0.25, -0.2) is 9.59 Å². The number of hydrogen-bond acceptors (Lipinski definition) is 2. The predicted octanol–water partition coefficient (Wildman–Crippen LogP) is 0.588. The summed E-state index contributed by atoms with van der Waals surface area (Å²) in [6.45, 7) is 1.89. The number of aryl methyl sites for hydroxylation is 1. The first-order valence-corrected chi connectivity index (χ1v) is 4.92. The van der Waals surface area contributed by atoms with Crippen LogP contribution in [0.15, 0.2) is 24.3 Å². The van der Waals surface area contributed by atoms with Gasteiger partial charge in [0, 0.05) is 0 Å². The second-order valence-corrected chi connectivity index (χ2v) is 3.83. The van der Waals surface area contributed by atoms with Gasteiger partial charge < -0.3 is 15.7 Å². The molecule has 0 spiro atoms. The van der Waals surface area contributed by atoms with Crippen LogP contribution >= 0.6 is 0 Å². The van der Waals surface area contributed by atoms with Gasteiger partial charge >= 0.3 is 12.0 Å². The van der Waals surface area contributed by atoms with E-state index in [1.807, 2.05) is 19.1 Å². The summed E-state index contributed by atoms with van der Waals surface area (Å²) in [4.78, 5) is 22.5. The van der Waals surface area contributed by atoms with E-state index in [9.17, 15) is 14.7 Å². The largest absolute Gasteiger partial charge is 0.479 e. The summed E-state index contributed by atoms with van der Waals surface area (Å²) in [7, 11) is 0. The van der Waals surface area contributed by atoms with Crippen molar-refractivity contribution in [3.05, 3.63) is 35.4 Å². The number of carboxylic acids is 1. The fraction of sp³-hybridized carbons (Fsp3) is 0.273. The average molecular weight is 220 g/mol. The van der Waals surface area contributed by atoms with Crippen LogP contribution in [0.5, 0.6) is 0 Å². The molecular weight excluding hydrogens is 208 g/mol. The molecule has 3 N–H and O–H groups in total. The summed E-state index contributed by atoms with van der Waals surface area (Å²) in [5.74, 6) is -1.06.